The SMILES string of the molecule is CC.COC(=O)/C(=C/c1cccc(Cl)c1Cl)C(C)=O. The highest BCUT2D eigenvalue weighted by Gasteiger charge is 2.15. The fraction of sp³-hybridized carbons (Fsp3) is 0.286. The van der Waals surface area contributed by atoms with Crippen LogP contribution in [0.25, 0.3) is 6.08 Å². The third kappa shape index (κ3) is 5.05. The predicted molar refractivity (Wildman–Crippen MR) is 78.5 cm³/mol. The van der Waals surface area contributed by atoms with Gasteiger partial charge in [-0.1, -0.05) is 49.2 Å². The topological polar surface area (TPSA) is 43.4 Å². The zero-order valence-corrected chi connectivity index (χ0v) is 12.8. The Morgan fingerprint density at radius 2 is 1.79 bits per heavy atom. The average molecular weight is 303 g/mol. The summed E-state index contributed by atoms with van der Waals surface area (Å²) in [5.41, 5.74) is 0.423. The van der Waals surface area contributed by atoms with Gasteiger partial charge in [-0.2, -0.15) is 0 Å². The van der Waals surface area contributed by atoms with E-state index in [0.717, 1.165) is 0 Å². The van der Waals surface area contributed by atoms with Crippen LogP contribution in [0.2, 0.25) is 10.0 Å². The first-order chi connectivity index (χ1) is 8.97. The molecule has 0 aliphatic rings. The van der Waals surface area contributed by atoms with Crippen molar-refractivity contribution < 1.29 is 14.3 Å². The van der Waals surface area contributed by atoms with Gasteiger partial charge in [0.15, 0.2) is 5.78 Å². The van der Waals surface area contributed by atoms with Gasteiger partial charge in [-0.05, 0) is 24.6 Å². The third-order valence-corrected chi connectivity index (χ3v) is 2.90. The van der Waals surface area contributed by atoms with Crippen molar-refractivity contribution in [1.82, 2.24) is 0 Å². The van der Waals surface area contributed by atoms with Crippen LogP contribution in [0, 0.1) is 0 Å². The molecule has 0 spiro atoms. The summed E-state index contributed by atoms with van der Waals surface area (Å²) in [4.78, 5) is 22.7. The van der Waals surface area contributed by atoms with Gasteiger partial charge in [0.2, 0.25) is 0 Å². The minimum Gasteiger partial charge on any atom is -0.465 e. The van der Waals surface area contributed by atoms with E-state index in [1.54, 1.807) is 18.2 Å². The molecule has 1 rings (SSSR count). The summed E-state index contributed by atoms with van der Waals surface area (Å²) >= 11 is 11.8. The highest BCUT2D eigenvalue weighted by molar-refractivity contribution is 6.43. The number of halogens is 2. The monoisotopic (exact) mass is 302 g/mol. The van der Waals surface area contributed by atoms with Crippen molar-refractivity contribution in [2.24, 2.45) is 0 Å². The first kappa shape index (κ1) is 17.7. The molecule has 0 N–H and O–H groups in total. The normalized spacial score (nSPS) is 10.3. The quantitative estimate of drug-likeness (QED) is 0.364. The van der Waals surface area contributed by atoms with Gasteiger partial charge in [-0.15, -0.1) is 0 Å². The number of ketones is 1. The van der Waals surface area contributed by atoms with Crippen LogP contribution in [0.1, 0.15) is 26.3 Å². The highest BCUT2D eigenvalue weighted by Crippen LogP contribution is 2.27. The van der Waals surface area contributed by atoms with Crippen LogP contribution < -0.4 is 0 Å². The predicted octanol–water partition coefficient (Wildman–Crippen LogP) is 4.17. The molecule has 0 heterocycles. The fourth-order valence-electron chi connectivity index (χ4n) is 1.20. The van der Waals surface area contributed by atoms with E-state index in [9.17, 15) is 9.59 Å². The number of ether oxygens (including phenoxy) is 1. The Morgan fingerprint density at radius 1 is 1.21 bits per heavy atom. The molecule has 0 aromatic heterocycles. The van der Waals surface area contributed by atoms with E-state index in [1.165, 1.54) is 20.1 Å². The van der Waals surface area contributed by atoms with Crippen LogP contribution in [0.15, 0.2) is 23.8 Å². The summed E-state index contributed by atoms with van der Waals surface area (Å²) in [6.45, 7) is 5.28. The summed E-state index contributed by atoms with van der Waals surface area (Å²) in [6, 6.07) is 4.95. The molecule has 1 aromatic rings. The second-order valence-corrected chi connectivity index (χ2v) is 4.03. The van der Waals surface area contributed by atoms with Crippen molar-refractivity contribution in [2.45, 2.75) is 20.8 Å². The number of carbonyl (C=O) groups is 2. The standard InChI is InChI=1S/C12H10Cl2O3.C2H6/c1-7(15)9(12(16)17-2)6-8-4-3-5-10(13)11(8)14;1-2/h3-6H,1-2H3;1-2H3/b9-6+;. The van der Waals surface area contributed by atoms with Crippen LogP contribution in [-0.2, 0) is 14.3 Å². The zero-order chi connectivity index (χ0) is 15.0. The van der Waals surface area contributed by atoms with Crippen LogP contribution in [-0.4, -0.2) is 18.9 Å². The van der Waals surface area contributed by atoms with Gasteiger partial charge in [0.1, 0.15) is 5.57 Å². The van der Waals surface area contributed by atoms with Gasteiger partial charge in [0.25, 0.3) is 0 Å². The Kier molecular flexibility index (Phi) is 8.12. The number of hydrogen-bond acceptors (Lipinski definition) is 3. The minimum atomic E-state index is -0.700. The molecule has 0 aliphatic heterocycles. The summed E-state index contributed by atoms with van der Waals surface area (Å²) in [5, 5.41) is 0.644. The molecule has 104 valence electrons. The van der Waals surface area contributed by atoms with Crippen LogP contribution in [0.4, 0.5) is 0 Å². The molecule has 0 unspecified atom stereocenters. The summed E-state index contributed by atoms with van der Waals surface area (Å²) in [6.07, 6.45) is 1.36. The second kappa shape index (κ2) is 8.73. The lowest BCUT2D eigenvalue weighted by molar-refractivity contribution is -0.137. The van der Waals surface area contributed by atoms with E-state index in [4.69, 9.17) is 23.2 Å². The van der Waals surface area contributed by atoms with Crippen molar-refractivity contribution in [3.8, 4) is 0 Å². The van der Waals surface area contributed by atoms with E-state index >= 15 is 0 Å². The lowest BCUT2D eigenvalue weighted by Crippen LogP contribution is -2.11. The Hall–Kier alpha value is -1.32. The van der Waals surface area contributed by atoms with Crippen LogP contribution in [0.5, 0.6) is 0 Å². The van der Waals surface area contributed by atoms with Crippen molar-refractivity contribution in [2.75, 3.05) is 7.11 Å². The zero-order valence-electron chi connectivity index (χ0n) is 11.3. The maximum atomic E-state index is 11.4. The molecule has 0 bridgehead atoms. The molecular formula is C14H16Cl2O3. The first-order valence-electron chi connectivity index (χ1n) is 5.72. The molecule has 0 atom stereocenters. The Morgan fingerprint density at radius 3 is 2.26 bits per heavy atom. The van der Waals surface area contributed by atoms with Gasteiger partial charge in [0.05, 0.1) is 17.2 Å². The summed E-state index contributed by atoms with van der Waals surface area (Å²) in [5.74, 6) is -1.10. The molecule has 19 heavy (non-hydrogen) atoms. The highest BCUT2D eigenvalue weighted by atomic mass is 35.5. The maximum absolute atomic E-state index is 11.4. The summed E-state index contributed by atoms with van der Waals surface area (Å²) < 4.78 is 4.51. The van der Waals surface area contributed by atoms with Gasteiger partial charge < -0.3 is 4.74 Å². The lowest BCUT2D eigenvalue weighted by Gasteiger charge is -2.04. The molecule has 3 nitrogen and oxygen atoms in total. The number of benzene rings is 1. The lowest BCUT2D eigenvalue weighted by atomic mass is 10.1. The molecule has 0 saturated carbocycles. The maximum Gasteiger partial charge on any atom is 0.341 e. The molecular weight excluding hydrogens is 287 g/mol. The van der Waals surface area contributed by atoms with E-state index in [-0.39, 0.29) is 10.6 Å². The van der Waals surface area contributed by atoms with Crippen molar-refractivity contribution in [3.05, 3.63) is 39.4 Å². The molecule has 0 aliphatic carbocycles. The van der Waals surface area contributed by atoms with Gasteiger partial charge in [-0.3, -0.25) is 4.79 Å². The van der Waals surface area contributed by atoms with Crippen LogP contribution in [0.3, 0.4) is 0 Å². The Bertz CT molecular complexity index is 493. The van der Waals surface area contributed by atoms with E-state index < -0.39 is 11.8 Å². The Labute approximate surface area is 123 Å². The second-order valence-electron chi connectivity index (χ2n) is 3.25. The smallest absolute Gasteiger partial charge is 0.341 e. The van der Waals surface area contributed by atoms with E-state index in [2.05, 4.69) is 4.74 Å². The molecule has 0 radical (unpaired) electrons. The first-order valence-corrected chi connectivity index (χ1v) is 6.48. The molecule has 5 heteroatoms. The number of methoxy groups -OCH3 is 1. The Balaban J connectivity index is 0.00000154. The molecule has 0 fully saturated rings. The van der Waals surface area contributed by atoms with E-state index in [0.29, 0.717) is 10.6 Å². The van der Waals surface area contributed by atoms with E-state index in [1.807, 2.05) is 13.8 Å². The van der Waals surface area contributed by atoms with Gasteiger partial charge in [-0.25, -0.2) is 4.79 Å². The van der Waals surface area contributed by atoms with Crippen LogP contribution >= 0.6 is 23.2 Å². The largest absolute Gasteiger partial charge is 0.465 e. The van der Waals surface area contributed by atoms with Crippen molar-refractivity contribution in [3.63, 3.8) is 0 Å². The minimum absolute atomic E-state index is 0.0725. The summed E-state index contributed by atoms with van der Waals surface area (Å²) in [7, 11) is 1.21. The number of rotatable bonds is 3. The number of carbonyl (C=O) groups excluding carboxylic acids is 2. The number of esters is 1. The fourth-order valence-corrected chi connectivity index (χ4v) is 1.56. The van der Waals surface area contributed by atoms with Crippen molar-refractivity contribution in [1.29, 1.82) is 0 Å². The molecule has 0 amide bonds. The molecule has 1 aromatic carbocycles. The van der Waals surface area contributed by atoms with Crippen molar-refractivity contribution >= 4 is 41.0 Å². The average Bonchev–Trinajstić information content (AvgIpc) is 2.41. The van der Waals surface area contributed by atoms with Gasteiger partial charge >= 0.3 is 5.97 Å². The van der Waals surface area contributed by atoms with Gasteiger partial charge in [0, 0.05) is 0 Å². The number of hydrogen-bond donors (Lipinski definition) is 0. The third-order valence-electron chi connectivity index (χ3n) is 2.07. The molecule has 0 saturated heterocycles. The number of Topliss-reactive ketones (excluding diaryl/α,β-unsaturated/α-hetero) is 1.